The van der Waals surface area contributed by atoms with Crippen LogP contribution in [0.5, 0.6) is 5.75 Å². The van der Waals surface area contributed by atoms with Crippen LogP contribution in [-0.2, 0) is 16.0 Å². The van der Waals surface area contributed by atoms with Crippen LogP contribution in [0.2, 0.25) is 0 Å². The molecule has 5 nitrogen and oxygen atoms in total. The number of methoxy groups -OCH3 is 1. The third kappa shape index (κ3) is 7.17. The normalized spacial score (nSPS) is 10.2. The third-order valence-electron chi connectivity index (χ3n) is 3.75. The zero-order valence-electron chi connectivity index (χ0n) is 14.4. The van der Waals surface area contributed by atoms with E-state index in [1.807, 2.05) is 24.3 Å². The molecule has 23 heavy (non-hydrogen) atoms. The highest BCUT2D eigenvalue weighted by Crippen LogP contribution is 2.18. The van der Waals surface area contributed by atoms with Gasteiger partial charge < -0.3 is 15.0 Å². The molecule has 1 aromatic rings. The monoisotopic (exact) mass is 320 g/mol. The number of ether oxygens (including phenoxy) is 1. The molecule has 2 amide bonds. The van der Waals surface area contributed by atoms with Crippen LogP contribution in [0, 0.1) is 0 Å². The molecule has 0 saturated heterocycles. The van der Waals surface area contributed by atoms with Crippen LogP contribution in [-0.4, -0.2) is 43.5 Å². The molecule has 5 heteroatoms. The zero-order valence-corrected chi connectivity index (χ0v) is 14.4. The second-order valence-electron chi connectivity index (χ2n) is 5.52. The summed E-state index contributed by atoms with van der Waals surface area (Å²) in [4.78, 5) is 25.2. The van der Waals surface area contributed by atoms with Crippen molar-refractivity contribution in [2.45, 2.75) is 39.5 Å². The Morgan fingerprint density at radius 1 is 1.22 bits per heavy atom. The number of carbonyl (C=O) groups excluding carboxylic acids is 2. The van der Waals surface area contributed by atoms with Crippen LogP contribution in [0.3, 0.4) is 0 Å². The Labute approximate surface area is 139 Å². The predicted molar refractivity (Wildman–Crippen MR) is 91.5 cm³/mol. The molecule has 0 aromatic heterocycles. The molecule has 128 valence electrons. The van der Waals surface area contributed by atoms with Crippen molar-refractivity contribution in [3.05, 3.63) is 29.8 Å². The minimum Gasteiger partial charge on any atom is -0.496 e. The summed E-state index contributed by atoms with van der Waals surface area (Å²) in [5.41, 5.74) is 1.06. The predicted octanol–water partition coefficient (Wildman–Crippen LogP) is 2.39. The van der Waals surface area contributed by atoms with E-state index in [2.05, 4.69) is 12.2 Å². The number of nitrogens with zero attached hydrogens (tertiary/aromatic N) is 1. The van der Waals surface area contributed by atoms with E-state index in [0.29, 0.717) is 32.5 Å². The van der Waals surface area contributed by atoms with E-state index >= 15 is 0 Å². The molecule has 0 spiro atoms. The van der Waals surface area contributed by atoms with Gasteiger partial charge in [-0.3, -0.25) is 9.59 Å². The van der Waals surface area contributed by atoms with Gasteiger partial charge in [-0.15, -0.1) is 0 Å². The summed E-state index contributed by atoms with van der Waals surface area (Å²) in [7, 11) is 1.64. The van der Waals surface area contributed by atoms with Crippen molar-refractivity contribution < 1.29 is 14.3 Å². The fourth-order valence-corrected chi connectivity index (χ4v) is 2.32. The molecule has 0 unspecified atom stereocenters. The number of hydrogen-bond donors (Lipinski definition) is 1. The SMILES string of the molecule is CCCCNC(=O)CCN(CCc1ccccc1OC)C(C)=O. The van der Waals surface area contributed by atoms with Gasteiger partial charge in [-0.25, -0.2) is 0 Å². The van der Waals surface area contributed by atoms with Crippen LogP contribution in [0.25, 0.3) is 0 Å². The largest absolute Gasteiger partial charge is 0.496 e. The van der Waals surface area contributed by atoms with Crippen molar-refractivity contribution in [3.8, 4) is 5.75 Å². The highest BCUT2D eigenvalue weighted by molar-refractivity contribution is 5.78. The molecular weight excluding hydrogens is 292 g/mol. The van der Waals surface area contributed by atoms with Gasteiger partial charge in [0, 0.05) is 33.0 Å². The van der Waals surface area contributed by atoms with Gasteiger partial charge in [0.15, 0.2) is 0 Å². The molecule has 0 radical (unpaired) electrons. The molecule has 0 fully saturated rings. The molecule has 0 aliphatic carbocycles. The Morgan fingerprint density at radius 3 is 2.61 bits per heavy atom. The maximum absolute atomic E-state index is 11.8. The Kier molecular flexibility index (Phi) is 8.80. The number of rotatable bonds is 10. The summed E-state index contributed by atoms with van der Waals surface area (Å²) in [5, 5.41) is 2.87. The fourth-order valence-electron chi connectivity index (χ4n) is 2.32. The minimum absolute atomic E-state index is 0.00184. The van der Waals surface area contributed by atoms with Gasteiger partial charge in [-0.2, -0.15) is 0 Å². The average molecular weight is 320 g/mol. The second kappa shape index (κ2) is 10.6. The first-order valence-corrected chi connectivity index (χ1v) is 8.22. The Morgan fingerprint density at radius 2 is 1.96 bits per heavy atom. The van der Waals surface area contributed by atoms with Gasteiger partial charge in [0.25, 0.3) is 0 Å². The fraction of sp³-hybridized carbons (Fsp3) is 0.556. The molecule has 0 bridgehead atoms. The molecule has 0 saturated carbocycles. The standard InChI is InChI=1S/C18H28N2O3/c1-4-5-12-19-18(22)11-14-20(15(2)21)13-10-16-8-6-7-9-17(16)23-3/h6-9H,4-5,10-14H2,1-3H3,(H,19,22). The zero-order chi connectivity index (χ0) is 17.1. The summed E-state index contributed by atoms with van der Waals surface area (Å²) < 4.78 is 5.32. The summed E-state index contributed by atoms with van der Waals surface area (Å²) in [6.07, 6.45) is 3.09. The Balaban J connectivity index is 2.46. The van der Waals surface area contributed by atoms with Gasteiger partial charge >= 0.3 is 0 Å². The number of para-hydroxylation sites is 1. The molecule has 0 aliphatic heterocycles. The van der Waals surface area contributed by atoms with Crippen molar-refractivity contribution >= 4 is 11.8 Å². The lowest BCUT2D eigenvalue weighted by atomic mass is 10.1. The van der Waals surface area contributed by atoms with Crippen molar-refractivity contribution in [2.75, 3.05) is 26.7 Å². The van der Waals surface area contributed by atoms with Gasteiger partial charge in [-0.05, 0) is 24.5 Å². The Hall–Kier alpha value is -2.04. The lowest BCUT2D eigenvalue weighted by molar-refractivity contribution is -0.129. The number of amides is 2. The van der Waals surface area contributed by atoms with Crippen LogP contribution < -0.4 is 10.1 Å². The van der Waals surface area contributed by atoms with Crippen LogP contribution in [0.1, 0.15) is 38.7 Å². The first-order valence-electron chi connectivity index (χ1n) is 8.22. The lowest BCUT2D eigenvalue weighted by Gasteiger charge is -2.21. The first-order chi connectivity index (χ1) is 11.1. The maximum atomic E-state index is 11.8. The van der Waals surface area contributed by atoms with Crippen LogP contribution >= 0.6 is 0 Å². The summed E-state index contributed by atoms with van der Waals surface area (Å²) in [6.45, 7) is 5.36. The highest BCUT2D eigenvalue weighted by atomic mass is 16.5. The maximum Gasteiger partial charge on any atom is 0.221 e. The van der Waals surface area contributed by atoms with E-state index in [-0.39, 0.29) is 11.8 Å². The number of hydrogen-bond acceptors (Lipinski definition) is 3. The third-order valence-corrected chi connectivity index (χ3v) is 3.75. The van der Waals surface area contributed by atoms with Gasteiger partial charge in [0.2, 0.25) is 11.8 Å². The van der Waals surface area contributed by atoms with Crippen molar-refractivity contribution in [1.29, 1.82) is 0 Å². The number of benzene rings is 1. The first kappa shape index (κ1) is 19.0. The van der Waals surface area contributed by atoms with E-state index in [1.165, 1.54) is 6.92 Å². The summed E-state index contributed by atoms with van der Waals surface area (Å²) in [6, 6.07) is 7.78. The molecule has 1 rings (SSSR count). The lowest BCUT2D eigenvalue weighted by Crippen LogP contribution is -2.35. The quantitative estimate of drug-likeness (QED) is 0.674. The Bertz CT molecular complexity index is 503. The molecule has 1 aromatic carbocycles. The topological polar surface area (TPSA) is 58.6 Å². The van der Waals surface area contributed by atoms with E-state index in [9.17, 15) is 9.59 Å². The minimum atomic E-state index is -0.0127. The van der Waals surface area contributed by atoms with E-state index in [1.54, 1.807) is 12.0 Å². The number of carbonyl (C=O) groups is 2. The van der Waals surface area contributed by atoms with E-state index < -0.39 is 0 Å². The van der Waals surface area contributed by atoms with Gasteiger partial charge in [-0.1, -0.05) is 31.5 Å². The number of unbranched alkanes of at least 4 members (excludes halogenated alkanes) is 1. The molecular formula is C18H28N2O3. The molecule has 0 heterocycles. The summed E-state index contributed by atoms with van der Waals surface area (Å²) >= 11 is 0. The highest BCUT2D eigenvalue weighted by Gasteiger charge is 2.12. The van der Waals surface area contributed by atoms with Crippen LogP contribution in [0.15, 0.2) is 24.3 Å². The van der Waals surface area contributed by atoms with Crippen molar-refractivity contribution in [2.24, 2.45) is 0 Å². The summed E-state index contributed by atoms with van der Waals surface area (Å²) in [5.74, 6) is 0.816. The molecule has 0 atom stereocenters. The van der Waals surface area contributed by atoms with E-state index in [4.69, 9.17) is 4.74 Å². The average Bonchev–Trinajstić information content (AvgIpc) is 2.55. The van der Waals surface area contributed by atoms with Gasteiger partial charge in [0.05, 0.1) is 7.11 Å². The second-order valence-corrected chi connectivity index (χ2v) is 5.52. The smallest absolute Gasteiger partial charge is 0.221 e. The van der Waals surface area contributed by atoms with Crippen molar-refractivity contribution in [3.63, 3.8) is 0 Å². The van der Waals surface area contributed by atoms with Crippen LogP contribution in [0.4, 0.5) is 0 Å². The van der Waals surface area contributed by atoms with Gasteiger partial charge in [0.1, 0.15) is 5.75 Å². The van der Waals surface area contributed by atoms with E-state index in [0.717, 1.165) is 24.2 Å². The number of nitrogens with one attached hydrogen (secondary N) is 1. The van der Waals surface area contributed by atoms with Crippen molar-refractivity contribution in [1.82, 2.24) is 10.2 Å². The molecule has 1 N–H and O–H groups in total. The molecule has 0 aliphatic rings.